The van der Waals surface area contributed by atoms with Crippen molar-refractivity contribution >= 4 is 21.6 Å². The molecule has 0 amide bonds. The second-order valence-corrected chi connectivity index (χ2v) is 6.70. The highest BCUT2D eigenvalue weighted by Crippen LogP contribution is 2.27. The van der Waals surface area contributed by atoms with Crippen molar-refractivity contribution < 1.29 is 18.3 Å². The van der Waals surface area contributed by atoms with Crippen LogP contribution in [0.5, 0.6) is 0 Å². The maximum absolute atomic E-state index is 11.7. The van der Waals surface area contributed by atoms with Gasteiger partial charge in [-0.15, -0.1) is 0 Å². The second kappa shape index (κ2) is 5.16. The number of aromatic nitrogens is 1. The van der Waals surface area contributed by atoms with Gasteiger partial charge < -0.3 is 10.0 Å². The lowest BCUT2D eigenvalue weighted by Crippen LogP contribution is -2.39. The van der Waals surface area contributed by atoms with Crippen LogP contribution in [0.15, 0.2) is 23.2 Å². The molecule has 2 heterocycles. The monoisotopic (exact) mass is 284 g/mol. The normalized spacial score (nSPS) is 20.3. The van der Waals surface area contributed by atoms with Crippen molar-refractivity contribution in [2.24, 2.45) is 5.92 Å². The summed E-state index contributed by atoms with van der Waals surface area (Å²) in [6.07, 6.45) is 3.99. The third-order valence-electron chi connectivity index (χ3n) is 3.22. The molecule has 7 heteroatoms. The van der Waals surface area contributed by atoms with E-state index in [1.807, 2.05) is 0 Å². The van der Waals surface area contributed by atoms with Gasteiger partial charge in [-0.25, -0.2) is 13.4 Å². The Kier molecular flexibility index (Phi) is 3.75. The molecule has 0 bridgehead atoms. The zero-order chi connectivity index (χ0) is 14.0. The first-order chi connectivity index (χ1) is 8.89. The average Bonchev–Trinajstić information content (AvgIpc) is 2.38. The number of piperidine rings is 1. The molecule has 1 aromatic heterocycles. The van der Waals surface area contributed by atoms with Crippen LogP contribution in [0.1, 0.15) is 12.8 Å². The minimum Gasteiger partial charge on any atom is -0.481 e. The first-order valence-corrected chi connectivity index (χ1v) is 7.91. The van der Waals surface area contributed by atoms with Crippen molar-refractivity contribution in [1.82, 2.24) is 4.98 Å². The quantitative estimate of drug-likeness (QED) is 0.882. The second-order valence-electron chi connectivity index (χ2n) is 4.72. The number of anilines is 1. The van der Waals surface area contributed by atoms with Crippen molar-refractivity contribution in [1.29, 1.82) is 0 Å². The fourth-order valence-corrected chi connectivity index (χ4v) is 3.12. The van der Waals surface area contributed by atoms with Crippen molar-refractivity contribution in [3.05, 3.63) is 18.3 Å². The van der Waals surface area contributed by atoms with Gasteiger partial charge in [0.2, 0.25) is 0 Å². The minimum atomic E-state index is -3.37. The molecule has 1 N–H and O–H groups in total. The zero-order valence-electron chi connectivity index (χ0n) is 10.6. The highest BCUT2D eigenvalue weighted by Gasteiger charge is 2.28. The molecule has 1 saturated heterocycles. The topological polar surface area (TPSA) is 87.6 Å². The average molecular weight is 284 g/mol. The SMILES string of the molecule is CS(=O)(=O)c1cccnc1N1CCCC(C(=O)O)C1. The zero-order valence-corrected chi connectivity index (χ0v) is 11.4. The third kappa shape index (κ3) is 3.04. The van der Waals surface area contributed by atoms with E-state index in [1.165, 1.54) is 12.3 Å². The van der Waals surface area contributed by atoms with Crippen LogP contribution in [0, 0.1) is 5.92 Å². The van der Waals surface area contributed by atoms with Gasteiger partial charge in [-0.1, -0.05) is 0 Å². The number of rotatable bonds is 3. The standard InChI is InChI=1S/C12H16N2O4S/c1-19(17,18)10-5-2-6-13-11(10)14-7-3-4-9(8-14)12(15)16/h2,5-6,9H,3-4,7-8H2,1H3,(H,15,16). The van der Waals surface area contributed by atoms with E-state index < -0.39 is 21.7 Å². The molecule has 1 aliphatic rings. The molecule has 104 valence electrons. The molecule has 1 unspecified atom stereocenters. The third-order valence-corrected chi connectivity index (χ3v) is 4.34. The van der Waals surface area contributed by atoms with Crippen molar-refractivity contribution in [3.63, 3.8) is 0 Å². The van der Waals surface area contributed by atoms with Gasteiger partial charge in [0, 0.05) is 25.5 Å². The minimum absolute atomic E-state index is 0.154. The van der Waals surface area contributed by atoms with Crippen LogP contribution >= 0.6 is 0 Å². The molecule has 19 heavy (non-hydrogen) atoms. The molecule has 1 fully saturated rings. The van der Waals surface area contributed by atoms with Gasteiger partial charge in [-0.2, -0.15) is 0 Å². The largest absolute Gasteiger partial charge is 0.481 e. The molecule has 0 aromatic carbocycles. The number of nitrogens with zero attached hydrogens (tertiary/aromatic N) is 2. The summed E-state index contributed by atoms with van der Waals surface area (Å²) in [5.41, 5.74) is 0. The summed E-state index contributed by atoms with van der Waals surface area (Å²) in [6, 6.07) is 3.07. The molecular formula is C12H16N2O4S. The van der Waals surface area contributed by atoms with Crippen molar-refractivity contribution in [3.8, 4) is 0 Å². The van der Waals surface area contributed by atoms with Crippen LogP contribution < -0.4 is 4.90 Å². The lowest BCUT2D eigenvalue weighted by molar-refractivity contribution is -0.141. The molecule has 6 nitrogen and oxygen atoms in total. The molecule has 0 aliphatic carbocycles. The number of pyridine rings is 1. The number of sulfone groups is 1. The summed E-state index contributed by atoms with van der Waals surface area (Å²) in [7, 11) is -3.37. The summed E-state index contributed by atoms with van der Waals surface area (Å²) in [5, 5.41) is 9.07. The number of hydrogen-bond donors (Lipinski definition) is 1. The van der Waals surface area contributed by atoms with E-state index in [4.69, 9.17) is 5.11 Å². The van der Waals surface area contributed by atoms with Gasteiger partial charge in [0.05, 0.1) is 5.92 Å². The van der Waals surface area contributed by atoms with E-state index in [-0.39, 0.29) is 4.90 Å². The van der Waals surface area contributed by atoms with E-state index in [0.717, 1.165) is 12.7 Å². The van der Waals surface area contributed by atoms with Crippen LogP contribution in [0.3, 0.4) is 0 Å². The summed E-state index contributed by atoms with van der Waals surface area (Å²) < 4.78 is 23.5. The van der Waals surface area contributed by atoms with E-state index >= 15 is 0 Å². The number of aliphatic carboxylic acids is 1. The lowest BCUT2D eigenvalue weighted by Gasteiger charge is -2.32. The van der Waals surface area contributed by atoms with Crippen LogP contribution in [0.2, 0.25) is 0 Å². The summed E-state index contributed by atoms with van der Waals surface area (Å²) >= 11 is 0. The predicted molar refractivity (Wildman–Crippen MR) is 69.9 cm³/mol. The predicted octanol–water partition coefficient (Wildman–Crippen LogP) is 0.786. The highest BCUT2D eigenvalue weighted by atomic mass is 32.2. The number of carboxylic acid groups (broad SMARTS) is 1. The van der Waals surface area contributed by atoms with Gasteiger partial charge in [0.1, 0.15) is 10.7 Å². The molecular weight excluding hydrogens is 268 g/mol. The highest BCUT2D eigenvalue weighted by molar-refractivity contribution is 7.90. The Morgan fingerprint density at radius 3 is 2.89 bits per heavy atom. The Balaban J connectivity index is 2.34. The first-order valence-electron chi connectivity index (χ1n) is 6.02. The molecule has 0 saturated carbocycles. The maximum Gasteiger partial charge on any atom is 0.308 e. The van der Waals surface area contributed by atoms with E-state index in [0.29, 0.717) is 25.3 Å². The Morgan fingerprint density at radius 2 is 2.26 bits per heavy atom. The van der Waals surface area contributed by atoms with E-state index in [9.17, 15) is 13.2 Å². The molecule has 2 rings (SSSR count). The Morgan fingerprint density at radius 1 is 1.53 bits per heavy atom. The Labute approximate surface area is 112 Å². The fraction of sp³-hybridized carbons (Fsp3) is 0.500. The fourth-order valence-electron chi connectivity index (χ4n) is 2.28. The van der Waals surface area contributed by atoms with Crippen molar-refractivity contribution in [2.75, 3.05) is 24.2 Å². The van der Waals surface area contributed by atoms with Gasteiger partial charge >= 0.3 is 5.97 Å². The van der Waals surface area contributed by atoms with Crippen LogP contribution in [-0.2, 0) is 14.6 Å². The summed E-state index contributed by atoms with van der Waals surface area (Å²) in [4.78, 5) is 17.1. The molecule has 1 atom stereocenters. The molecule has 0 radical (unpaired) electrons. The van der Waals surface area contributed by atoms with Gasteiger partial charge in [-0.3, -0.25) is 4.79 Å². The summed E-state index contributed by atoms with van der Waals surface area (Å²) in [5.74, 6) is -0.958. The van der Waals surface area contributed by atoms with Crippen molar-refractivity contribution in [2.45, 2.75) is 17.7 Å². The first kappa shape index (κ1) is 13.8. The Hall–Kier alpha value is -1.63. The number of carbonyl (C=O) groups is 1. The van der Waals surface area contributed by atoms with Crippen LogP contribution in [-0.4, -0.2) is 43.8 Å². The van der Waals surface area contributed by atoms with Gasteiger partial charge in [-0.05, 0) is 25.0 Å². The van der Waals surface area contributed by atoms with Crippen LogP contribution in [0.4, 0.5) is 5.82 Å². The number of carboxylic acids is 1. The van der Waals surface area contributed by atoms with E-state index in [1.54, 1.807) is 11.0 Å². The molecule has 1 aromatic rings. The van der Waals surface area contributed by atoms with Gasteiger partial charge in [0.15, 0.2) is 9.84 Å². The smallest absolute Gasteiger partial charge is 0.308 e. The Bertz CT molecular complexity index is 585. The maximum atomic E-state index is 11.7. The molecule has 0 spiro atoms. The number of hydrogen-bond acceptors (Lipinski definition) is 5. The van der Waals surface area contributed by atoms with Gasteiger partial charge in [0.25, 0.3) is 0 Å². The molecule has 1 aliphatic heterocycles. The van der Waals surface area contributed by atoms with E-state index in [2.05, 4.69) is 4.98 Å². The lowest BCUT2D eigenvalue weighted by atomic mass is 9.98. The van der Waals surface area contributed by atoms with Crippen LogP contribution in [0.25, 0.3) is 0 Å². The summed E-state index contributed by atoms with van der Waals surface area (Å²) in [6.45, 7) is 0.929.